The van der Waals surface area contributed by atoms with E-state index in [1.54, 1.807) is 0 Å². The van der Waals surface area contributed by atoms with E-state index in [1.165, 1.54) is 0 Å². The molecule has 16 heavy (non-hydrogen) atoms. The molecule has 1 aliphatic carbocycles. The van der Waals surface area contributed by atoms with E-state index in [2.05, 4.69) is 0 Å². The fourth-order valence-corrected chi connectivity index (χ4v) is 2.77. The fourth-order valence-electron chi connectivity index (χ4n) is 2.77. The number of carboxylic acid groups (broad SMARTS) is 1. The maximum atomic E-state index is 11.9. The lowest BCUT2D eigenvalue weighted by Gasteiger charge is -2.15. The maximum absolute atomic E-state index is 11.9. The summed E-state index contributed by atoms with van der Waals surface area (Å²) in [6.07, 6.45) is 1.37. The van der Waals surface area contributed by atoms with Crippen LogP contribution in [0.15, 0.2) is 0 Å². The van der Waals surface area contributed by atoms with Gasteiger partial charge in [-0.25, -0.2) is 0 Å². The van der Waals surface area contributed by atoms with Crippen molar-refractivity contribution in [1.29, 1.82) is 0 Å². The van der Waals surface area contributed by atoms with E-state index in [9.17, 15) is 14.4 Å². The molecule has 0 aromatic rings. The van der Waals surface area contributed by atoms with Gasteiger partial charge in [-0.3, -0.25) is 19.3 Å². The molecule has 1 saturated carbocycles. The summed E-state index contributed by atoms with van der Waals surface area (Å²) in [5.41, 5.74) is 0. The summed E-state index contributed by atoms with van der Waals surface area (Å²) >= 11 is 0. The summed E-state index contributed by atoms with van der Waals surface area (Å²) in [7, 11) is 0. The Labute approximate surface area is 93.4 Å². The first-order chi connectivity index (χ1) is 7.50. The summed E-state index contributed by atoms with van der Waals surface area (Å²) in [6, 6.07) is 0. The third-order valence-corrected chi connectivity index (χ3v) is 3.51. The molecule has 0 bridgehead atoms. The van der Waals surface area contributed by atoms with Crippen LogP contribution in [0.4, 0.5) is 0 Å². The van der Waals surface area contributed by atoms with Crippen molar-refractivity contribution in [2.24, 2.45) is 17.8 Å². The normalized spacial score (nSPS) is 33.3. The largest absolute Gasteiger partial charge is 0.481 e. The van der Waals surface area contributed by atoms with Crippen LogP contribution in [-0.4, -0.2) is 34.3 Å². The molecule has 5 heteroatoms. The van der Waals surface area contributed by atoms with E-state index in [0.29, 0.717) is 5.92 Å². The van der Waals surface area contributed by atoms with Gasteiger partial charge in [0.05, 0.1) is 18.3 Å². The van der Waals surface area contributed by atoms with Gasteiger partial charge in [0.15, 0.2) is 0 Å². The molecule has 0 aromatic heterocycles. The highest BCUT2D eigenvalue weighted by atomic mass is 16.4. The molecular formula is C11H15NO4. The van der Waals surface area contributed by atoms with Crippen LogP contribution < -0.4 is 0 Å². The van der Waals surface area contributed by atoms with Crippen LogP contribution in [0.5, 0.6) is 0 Å². The van der Waals surface area contributed by atoms with E-state index >= 15 is 0 Å². The third-order valence-electron chi connectivity index (χ3n) is 3.51. The molecule has 2 unspecified atom stereocenters. The van der Waals surface area contributed by atoms with Gasteiger partial charge in [-0.05, 0) is 18.8 Å². The Morgan fingerprint density at radius 3 is 2.25 bits per heavy atom. The van der Waals surface area contributed by atoms with Crippen molar-refractivity contribution >= 4 is 17.8 Å². The van der Waals surface area contributed by atoms with Gasteiger partial charge in [0.25, 0.3) is 0 Å². The van der Waals surface area contributed by atoms with Crippen molar-refractivity contribution in [2.45, 2.75) is 26.2 Å². The SMILES string of the molecule is CC1CC2C(=O)N(CCC(=O)O)C(=O)C2C1. The Morgan fingerprint density at radius 1 is 1.31 bits per heavy atom. The van der Waals surface area contributed by atoms with Crippen LogP contribution in [0.25, 0.3) is 0 Å². The molecule has 88 valence electrons. The summed E-state index contributed by atoms with van der Waals surface area (Å²) in [6.45, 7) is 2.06. The number of hydrogen-bond donors (Lipinski definition) is 1. The van der Waals surface area contributed by atoms with Crippen LogP contribution in [0.1, 0.15) is 26.2 Å². The average Bonchev–Trinajstić information content (AvgIpc) is 2.66. The highest BCUT2D eigenvalue weighted by Gasteiger charge is 2.51. The van der Waals surface area contributed by atoms with E-state index in [4.69, 9.17) is 5.11 Å². The minimum atomic E-state index is -0.981. The molecule has 2 atom stereocenters. The van der Waals surface area contributed by atoms with Crippen molar-refractivity contribution < 1.29 is 19.5 Å². The second kappa shape index (κ2) is 3.88. The predicted molar refractivity (Wildman–Crippen MR) is 54.4 cm³/mol. The van der Waals surface area contributed by atoms with Crippen molar-refractivity contribution in [3.63, 3.8) is 0 Å². The Bertz CT molecular complexity index is 328. The predicted octanol–water partition coefficient (Wildman–Crippen LogP) is 0.492. The van der Waals surface area contributed by atoms with Gasteiger partial charge in [-0.15, -0.1) is 0 Å². The van der Waals surface area contributed by atoms with Gasteiger partial charge in [0.1, 0.15) is 0 Å². The van der Waals surface area contributed by atoms with Crippen molar-refractivity contribution in [2.75, 3.05) is 6.54 Å². The van der Waals surface area contributed by atoms with Crippen LogP contribution in [0.2, 0.25) is 0 Å². The van der Waals surface area contributed by atoms with Gasteiger partial charge in [-0.1, -0.05) is 6.92 Å². The van der Waals surface area contributed by atoms with Crippen LogP contribution in [-0.2, 0) is 14.4 Å². The minimum Gasteiger partial charge on any atom is -0.481 e. The highest BCUT2D eigenvalue weighted by Crippen LogP contribution is 2.42. The summed E-state index contributed by atoms with van der Waals surface area (Å²) in [5, 5.41) is 8.54. The Hall–Kier alpha value is -1.39. The van der Waals surface area contributed by atoms with Gasteiger partial charge >= 0.3 is 5.97 Å². The number of aliphatic carboxylic acids is 1. The molecule has 2 fully saturated rings. The lowest BCUT2D eigenvalue weighted by Crippen LogP contribution is -2.34. The lowest BCUT2D eigenvalue weighted by atomic mass is 10.00. The van der Waals surface area contributed by atoms with Crippen molar-refractivity contribution in [3.05, 3.63) is 0 Å². The summed E-state index contributed by atoms with van der Waals surface area (Å²) in [4.78, 5) is 35.3. The van der Waals surface area contributed by atoms with Crippen molar-refractivity contribution in [3.8, 4) is 0 Å². The third kappa shape index (κ3) is 1.70. The van der Waals surface area contributed by atoms with Gasteiger partial charge in [0, 0.05) is 6.54 Å². The van der Waals surface area contributed by atoms with Crippen molar-refractivity contribution in [1.82, 2.24) is 4.90 Å². The van der Waals surface area contributed by atoms with Gasteiger partial charge in [-0.2, -0.15) is 0 Å². The standard InChI is InChI=1S/C11H15NO4/c1-6-4-7-8(5-6)11(16)12(10(7)15)3-2-9(13)14/h6-8H,2-5H2,1H3,(H,13,14). The van der Waals surface area contributed by atoms with Crippen LogP contribution in [0.3, 0.4) is 0 Å². The molecule has 1 heterocycles. The fraction of sp³-hybridized carbons (Fsp3) is 0.727. The molecular weight excluding hydrogens is 210 g/mol. The number of rotatable bonds is 3. The van der Waals surface area contributed by atoms with Gasteiger partial charge < -0.3 is 5.11 Å². The zero-order chi connectivity index (χ0) is 11.9. The number of carbonyl (C=O) groups excluding carboxylic acids is 2. The lowest BCUT2D eigenvalue weighted by molar-refractivity contribution is -0.142. The van der Waals surface area contributed by atoms with Crippen LogP contribution in [0, 0.1) is 17.8 Å². The molecule has 2 aliphatic rings. The zero-order valence-corrected chi connectivity index (χ0v) is 9.18. The zero-order valence-electron chi connectivity index (χ0n) is 9.18. The quantitative estimate of drug-likeness (QED) is 0.709. The molecule has 0 radical (unpaired) electrons. The molecule has 0 aromatic carbocycles. The summed E-state index contributed by atoms with van der Waals surface area (Å²) < 4.78 is 0. The van der Waals surface area contributed by atoms with E-state index in [1.807, 2.05) is 6.92 Å². The number of nitrogens with zero attached hydrogens (tertiary/aromatic N) is 1. The second-order valence-electron chi connectivity index (χ2n) is 4.76. The summed E-state index contributed by atoms with van der Waals surface area (Å²) in [5.74, 6) is -1.26. The Morgan fingerprint density at radius 2 is 1.81 bits per heavy atom. The second-order valence-corrected chi connectivity index (χ2v) is 4.76. The Kier molecular flexibility index (Phi) is 2.69. The topological polar surface area (TPSA) is 74.7 Å². The first-order valence-electron chi connectivity index (χ1n) is 5.57. The number of hydrogen-bond acceptors (Lipinski definition) is 3. The molecule has 2 amide bonds. The maximum Gasteiger partial charge on any atom is 0.305 e. The average molecular weight is 225 g/mol. The number of likely N-dealkylation sites (tertiary alicyclic amines) is 1. The Balaban J connectivity index is 2.05. The molecule has 1 N–H and O–H groups in total. The molecule has 1 saturated heterocycles. The van der Waals surface area contributed by atoms with Gasteiger partial charge in [0.2, 0.25) is 11.8 Å². The molecule has 1 aliphatic heterocycles. The first kappa shape index (κ1) is 11.1. The van der Waals surface area contributed by atoms with E-state index < -0.39 is 5.97 Å². The highest BCUT2D eigenvalue weighted by molar-refractivity contribution is 6.05. The molecule has 2 rings (SSSR count). The molecule has 5 nitrogen and oxygen atoms in total. The number of carboxylic acids is 1. The van der Waals surface area contributed by atoms with Crippen LogP contribution >= 0.6 is 0 Å². The number of carbonyl (C=O) groups is 3. The number of amides is 2. The smallest absolute Gasteiger partial charge is 0.305 e. The monoisotopic (exact) mass is 225 g/mol. The number of fused-ring (bicyclic) bond motifs is 1. The van der Waals surface area contributed by atoms with E-state index in [-0.39, 0.29) is 36.6 Å². The number of imide groups is 1. The van der Waals surface area contributed by atoms with E-state index in [0.717, 1.165) is 17.7 Å². The first-order valence-corrected chi connectivity index (χ1v) is 5.57. The minimum absolute atomic E-state index is 0.0222. The molecule has 0 spiro atoms.